The van der Waals surface area contributed by atoms with Gasteiger partial charge < -0.3 is 16.0 Å². The molecule has 3 unspecified atom stereocenters. The van der Waals surface area contributed by atoms with Crippen molar-refractivity contribution in [2.45, 2.75) is 82.8 Å². The van der Waals surface area contributed by atoms with Gasteiger partial charge in [-0.05, 0) is 55.7 Å². The highest BCUT2D eigenvalue weighted by atomic mass is 16.2. The molecule has 28 heavy (non-hydrogen) atoms. The highest BCUT2D eigenvalue weighted by molar-refractivity contribution is 5.92. The van der Waals surface area contributed by atoms with Crippen molar-refractivity contribution in [1.29, 1.82) is 0 Å². The van der Waals surface area contributed by atoms with E-state index >= 15 is 0 Å². The topological polar surface area (TPSA) is 70.2 Å². The maximum atomic E-state index is 12.6. The molecule has 3 fully saturated rings. The number of anilines is 1. The van der Waals surface area contributed by atoms with Crippen LogP contribution in [0.3, 0.4) is 0 Å². The Morgan fingerprint density at radius 1 is 0.964 bits per heavy atom. The average Bonchev–Trinajstić information content (AvgIpc) is 3.17. The number of carbonyl (C=O) groups is 2. The van der Waals surface area contributed by atoms with Crippen LogP contribution >= 0.6 is 0 Å². The molecule has 1 aliphatic heterocycles. The molecule has 5 nitrogen and oxygen atoms in total. The minimum Gasteiger partial charge on any atom is -0.351 e. The summed E-state index contributed by atoms with van der Waals surface area (Å²) in [7, 11) is 0. The van der Waals surface area contributed by atoms with Gasteiger partial charge in [0.15, 0.2) is 0 Å². The van der Waals surface area contributed by atoms with Crippen LogP contribution in [0.4, 0.5) is 5.69 Å². The molecule has 0 aromatic heterocycles. The van der Waals surface area contributed by atoms with Gasteiger partial charge >= 0.3 is 0 Å². The van der Waals surface area contributed by atoms with E-state index in [9.17, 15) is 9.59 Å². The van der Waals surface area contributed by atoms with Gasteiger partial charge in [-0.15, -0.1) is 0 Å². The summed E-state index contributed by atoms with van der Waals surface area (Å²) in [5.41, 5.74) is 1.84. The Morgan fingerprint density at radius 3 is 2.57 bits per heavy atom. The van der Waals surface area contributed by atoms with E-state index in [1.165, 1.54) is 32.1 Å². The van der Waals surface area contributed by atoms with Crippen LogP contribution in [-0.4, -0.2) is 23.9 Å². The fraction of sp³-hybridized carbons (Fsp3) is 0.652. The zero-order valence-electron chi connectivity index (χ0n) is 16.7. The number of rotatable bonds is 5. The van der Waals surface area contributed by atoms with Gasteiger partial charge in [-0.3, -0.25) is 9.59 Å². The number of fused-ring (bicyclic) bond motifs is 1. The molecule has 3 N–H and O–H groups in total. The highest BCUT2D eigenvalue weighted by Gasteiger charge is 2.38. The summed E-state index contributed by atoms with van der Waals surface area (Å²) in [5.74, 6) is 1.06. The van der Waals surface area contributed by atoms with Gasteiger partial charge in [-0.2, -0.15) is 0 Å². The molecule has 0 radical (unpaired) electrons. The monoisotopic (exact) mass is 383 g/mol. The first-order valence-electron chi connectivity index (χ1n) is 11.1. The molecule has 4 rings (SSSR count). The maximum Gasteiger partial charge on any atom is 0.237 e. The molecule has 152 valence electrons. The van der Waals surface area contributed by atoms with E-state index in [1.54, 1.807) is 0 Å². The Bertz CT molecular complexity index is 685. The van der Waals surface area contributed by atoms with Crippen molar-refractivity contribution in [1.82, 2.24) is 10.6 Å². The Labute approximate surface area is 168 Å². The number of hydrogen-bond donors (Lipinski definition) is 3. The Balaban J connectivity index is 1.27. The van der Waals surface area contributed by atoms with Gasteiger partial charge in [-0.25, -0.2) is 0 Å². The van der Waals surface area contributed by atoms with E-state index in [-0.39, 0.29) is 23.8 Å². The van der Waals surface area contributed by atoms with Crippen molar-refractivity contribution in [3.05, 3.63) is 29.8 Å². The van der Waals surface area contributed by atoms with Crippen molar-refractivity contribution < 1.29 is 9.59 Å². The molecule has 1 saturated heterocycles. The summed E-state index contributed by atoms with van der Waals surface area (Å²) in [6, 6.07) is 8.32. The fourth-order valence-corrected chi connectivity index (χ4v) is 5.20. The number of nitrogens with one attached hydrogen (secondary N) is 3. The van der Waals surface area contributed by atoms with E-state index in [2.05, 4.69) is 16.0 Å². The molecule has 1 aromatic rings. The Kier molecular flexibility index (Phi) is 6.30. The molecular weight excluding hydrogens is 350 g/mol. The smallest absolute Gasteiger partial charge is 0.237 e. The second kappa shape index (κ2) is 9.08. The normalized spacial score (nSPS) is 27.8. The predicted octanol–water partition coefficient (Wildman–Crippen LogP) is 3.74. The minimum atomic E-state index is -0.0534. The van der Waals surface area contributed by atoms with Crippen LogP contribution in [0.15, 0.2) is 24.3 Å². The van der Waals surface area contributed by atoms with Gasteiger partial charge in [0, 0.05) is 24.2 Å². The summed E-state index contributed by atoms with van der Waals surface area (Å²) in [6.07, 6.45) is 11.6. The van der Waals surface area contributed by atoms with E-state index in [4.69, 9.17) is 0 Å². The minimum absolute atomic E-state index is 0.0534. The van der Waals surface area contributed by atoms with E-state index in [0.29, 0.717) is 18.5 Å². The average molecular weight is 384 g/mol. The Hall–Kier alpha value is -1.88. The lowest BCUT2D eigenvalue weighted by Gasteiger charge is -2.24. The quantitative estimate of drug-likeness (QED) is 0.725. The first-order chi connectivity index (χ1) is 13.7. The Morgan fingerprint density at radius 2 is 1.75 bits per heavy atom. The summed E-state index contributed by atoms with van der Waals surface area (Å²) < 4.78 is 0. The van der Waals surface area contributed by atoms with Crippen molar-refractivity contribution in [3.8, 4) is 0 Å². The zero-order valence-corrected chi connectivity index (χ0v) is 16.7. The maximum absolute atomic E-state index is 12.6. The molecule has 2 amide bonds. The van der Waals surface area contributed by atoms with Crippen LogP contribution in [0.5, 0.6) is 0 Å². The number of amides is 2. The fourth-order valence-electron chi connectivity index (χ4n) is 5.20. The molecule has 0 spiro atoms. The second-order valence-corrected chi connectivity index (χ2v) is 8.85. The van der Waals surface area contributed by atoms with Crippen molar-refractivity contribution in [2.75, 3.05) is 5.32 Å². The molecule has 1 aromatic carbocycles. The molecule has 2 saturated carbocycles. The lowest BCUT2D eigenvalue weighted by atomic mass is 9.85. The van der Waals surface area contributed by atoms with Crippen LogP contribution in [0.1, 0.15) is 69.8 Å². The van der Waals surface area contributed by atoms with Gasteiger partial charge in [-0.1, -0.05) is 44.2 Å². The standard InChI is InChI=1S/C23H33N3O2/c27-22(17-8-2-1-3-9-17)25-19-11-6-7-16(13-19)15-24-23(28)21-14-18-10-4-5-12-20(18)26-21/h6-7,11,13,17-18,20-21,26H,1-5,8-10,12,14-15H2,(H,24,28)(H,25,27). The van der Waals surface area contributed by atoms with Gasteiger partial charge in [0.05, 0.1) is 6.04 Å². The van der Waals surface area contributed by atoms with Gasteiger partial charge in [0.2, 0.25) is 11.8 Å². The van der Waals surface area contributed by atoms with Crippen LogP contribution in [-0.2, 0) is 16.1 Å². The summed E-state index contributed by atoms with van der Waals surface area (Å²) >= 11 is 0. The SMILES string of the molecule is O=C(Nc1cccc(CNC(=O)C2CC3CCCCC3N2)c1)C1CCCCC1. The van der Waals surface area contributed by atoms with Crippen molar-refractivity contribution >= 4 is 17.5 Å². The summed E-state index contributed by atoms with van der Waals surface area (Å²) in [4.78, 5) is 25.0. The first kappa shape index (κ1) is 19.4. The predicted molar refractivity (Wildman–Crippen MR) is 111 cm³/mol. The molecule has 1 heterocycles. The highest BCUT2D eigenvalue weighted by Crippen LogP contribution is 2.33. The number of benzene rings is 1. The second-order valence-electron chi connectivity index (χ2n) is 8.85. The van der Waals surface area contributed by atoms with Crippen LogP contribution in [0, 0.1) is 11.8 Å². The van der Waals surface area contributed by atoms with Crippen LogP contribution < -0.4 is 16.0 Å². The van der Waals surface area contributed by atoms with Crippen molar-refractivity contribution in [3.63, 3.8) is 0 Å². The zero-order chi connectivity index (χ0) is 19.3. The molecule has 3 atom stereocenters. The lowest BCUT2D eigenvalue weighted by molar-refractivity contribution is -0.123. The summed E-state index contributed by atoms with van der Waals surface area (Å²) in [6.45, 7) is 0.499. The summed E-state index contributed by atoms with van der Waals surface area (Å²) in [5, 5.41) is 9.68. The third-order valence-corrected chi connectivity index (χ3v) is 6.82. The largest absolute Gasteiger partial charge is 0.351 e. The molecule has 2 aliphatic carbocycles. The van der Waals surface area contributed by atoms with Crippen molar-refractivity contribution in [2.24, 2.45) is 11.8 Å². The van der Waals surface area contributed by atoms with E-state index in [1.807, 2.05) is 24.3 Å². The van der Waals surface area contributed by atoms with Gasteiger partial charge in [0.25, 0.3) is 0 Å². The lowest BCUT2D eigenvalue weighted by Crippen LogP contribution is -2.42. The third-order valence-electron chi connectivity index (χ3n) is 6.82. The van der Waals surface area contributed by atoms with Crippen LogP contribution in [0.2, 0.25) is 0 Å². The molecular formula is C23H33N3O2. The number of carbonyl (C=O) groups excluding carboxylic acids is 2. The third kappa shape index (κ3) is 4.75. The molecule has 5 heteroatoms. The van der Waals surface area contributed by atoms with Gasteiger partial charge in [0.1, 0.15) is 0 Å². The molecule has 0 bridgehead atoms. The van der Waals surface area contributed by atoms with E-state index < -0.39 is 0 Å². The molecule has 3 aliphatic rings. The first-order valence-corrected chi connectivity index (χ1v) is 11.1. The van der Waals surface area contributed by atoms with E-state index in [0.717, 1.165) is 43.4 Å². The number of hydrogen-bond acceptors (Lipinski definition) is 3. The van der Waals surface area contributed by atoms with Crippen LogP contribution in [0.25, 0.3) is 0 Å².